The first-order valence-electron chi connectivity index (χ1n) is 6.48. The summed E-state index contributed by atoms with van der Waals surface area (Å²) in [4.78, 5) is 19.8. The van der Waals surface area contributed by atoms with Gasteiger partial charge in [0.15, 0.2) is 5.54 Å². The van der Waals surface area contributed by atoms with Crippen molar-refractivity contribution in [1.82, 2.24) is 15.3 Å². The molecule has 0 radical (unpaired) electrons. The predicted molar refractivity (Wildman–Crippen MR) is 77.9 cm³/mol. The van der Waals surface area contributed by atoms with Crippen LogP contribution in [0.4, 0.5) is 5.95 Å². The fraction of sp³-hybridized carbons (Fsp3) is 0.133. The van der Waals surface area contributed by atoms with Crippen molar-refractivity contribution in [2.45, 2.75) is 12.0 Å². The summed E-state index contributed by atoms with van der Waals surface area (Å²) in [6.45, 7) is 0. The zero-order valence-electron chi connectivity index (χ0n) is 11.2. The maximum absolute atomic E-state index is 11.8. The first kappa shape index (κ1) is 13.1. The molecule has 1 atom stereocenters. The summed E-state index contributed by atoms with van der Waals surface area (Å²) in [5.74, 6) is -0.773. The van der Waals surface area contributed by atoms with Crippen molar-refractivity contribution in [1.29, 1.82) is 0 Å². The second-order valence-corrected chi connectivity index (χ2v) is 4.82. The molecule has 0 saturated heterocycles. The molecule has 0 bridgehead atoms. The third-order valence-corrected chi connectivity index (χ3v) is 3.54. The molecule has 1 unspecified atom stereocenters. The van der Waals surface area contributed by atoms with Gasteiger partial charge in [-0.25, -0.2) is 14.8 Å². The molecule has 2 aromatic rings. The number of anilines is 1. The molecule has 1 aliphatic heterocycles. The third-order valence-electron chi connectivity index (χ3n) is 3.54. The Labute approximate surface area is 121 Å². The molecule has 6 heteroatoms. The van der Waals surface area contributed by atoms with Crippen molar-refractivity contribution in [3.8, 4) is 0 Å². The Morgan fingerprint density at radius 1 is 1.29 bits per heavy atom. The quantitative estimate of drug-likeness (QED) is 0.786. The molecule has 106 valence electrons. The summed E-state index contributed by atoms with van der Waals surface area (Å²) < 4.78 is 0. The van der Waals surface area contributed by atoms with Crippen LogP contribution in [0, 0.1) is 0 Å². The molecule has 0 aliphatic carbocycles. The molecule has 21 heavy (non-hydrogen) atoms. The van der Waals surface area contributed by atoms with E-state index in [0.29, 0.717) is 23.4 Å². The van der Waals surface area contributed by atoms with Gasteiger partial charge in [-0.2, -0.15) is 0 Å². The van der Waals surface area contributed by atoms with Gasteiger partial charge in [-0.15, -0.1) is 0 Å². The number of benzene rings is 1. The standard InChI is InChI=1S/C15H14N4O2/c16-14-17-9-7-11(18-14)12-6-8-15(19-12,13(20)21)10-4-2-1-3-5-10/h1-7,9,19H,8H2,(H,20,21)(H2,16,17,18). The van der Waals surface area contributed by atoms with Crippen LogP contribution >= 0.6 is 0 Å². The van der Waals surface area contributed by atoms with Gasteiger partial charge >= 0.3 is 5.97 Å². The van der Waals surface area contributed by atoms with Gasteiger partial charge in [-0.3, -0.25) is 0 Å². The zero-order valence-corrected chi connectivity index (χ0v) is 11.2. The van der Waals surface area contributed by atoms with Crippen molar-refractivity contribution in [3.05, 3.63) is 59.9 Å². The lowest BCUT2D eigenvalue weighted by Crippen LogP contribution is -2.45. The molecule has 1 aromatic carbocycles. The van der Waals surface area contributed by atoms with Crippen LogP contribution in [0.1, 0.15) is 17.7 Å². The Hall–Kier alpha value is -2.89. The van der Waals surface area contributed by atoms with Crippen LogP contribution in [0.3, 0.4) is 0 Å². The largest absolute Gasteiger partial charge is 0.479 e. The minimum Gasteiger partial charge on any atom is -0.479 e. The molecular weight excluding hydrogens is 268 g/mol. The number of nitrogens with zero attached hydrogens (tertiary/aromatic N) is 2. The van der Waals surface area contributed by atoms with Gasteiger partial charge in [0.25, 0.3) is 0 Å². The molecule has 6 nitrogen and oxygen atoms in total. The fourth-order valence-corrected chi connectivity index (χ4v) is 2.46. The number of aromatic nitrogens is 2. The minimum absolute atomic E-state index is 0.155. The molecule has 2 heterocycles. The first-order chi connectivity index (χ1) is 10.1. The molecule has 0 amide bonds. The van der Waals surface area contributed by atoms with E-state index in [2.05, 4.69) is 15.3 Å². The molecule has 4 N–H and O–H groups in total. The average Bonchev–Trinajstić information content (AvgIpc) is 2.95. The number of hydrogen-bond acceptors (Lipinski definition) is 5. The fourth-order valence-electron chi connectivity index (χ4n) is 2.46. The van der Waals surface area contributed by atoms with Crippen molar-refractivity contribution in [2.75, 3.05) is 5.73 Å². The summed E-state index contributed by atoms with van der Waals surface area (Å²) in [5.41, 5.74) is 6.33. The van der Waals surface area contributed by atoms with E-state index in [1.807, 2.05) is 24.3 Å². The van der Waals surface area contributed by atoms with Gasteiger partial charge in [0.2, 0.25) is 5.95 Å². The van der Waals surface area contributed by atoms with Crippen LogP contribution in [-0.4, -0.2) is 21.0 Å². The number of carbonyl (C=O) groups is 1. The van der Waals surface area contributed by atoms with Crippen LogP contribution < -0.4 is 11.1 Å². The second kappa shape index (κ2) is 4.90. The highest BCUT2D eigenvalue weighted by molar-refractivity contribution is 5.86. The number of carboxylic acid groups (broad SMARTS) is 1. The Bertz CT molecular complexity index is 715. The smallest absolute Gasteiger partial charge is 0.334 e. The summed E-state index contributed by atoms with van der Waals surface area (Å²) >= 11 is 0. The van der Waals surface area contributed by atoms with Crippen molar-refractivity contribution in [3.63, 3.8) is 0 Å². The summed E-state index contributed by atoms with van der Waals surface area (Å²) in [6, 6.07) is 10.8. The highest BCUT2D eigenvalue weighted by Gasteiger charge is 2.43. The van der Waals surface area contributed by atoms with E-state index in [1.165, 1.54) is 0 Å². The maximum atomic E-state index is 11.8. The zero-order chi connectivity index (χ0) is 14.9. The van der Waals surface area contributed by atoms with Crippen LogP contribution in [0.25, 0.3) is 5.70 Å². The first-order valence-corrected chi connectivity index (χ1v) is 6.48. The molecule has 3 rings (SSSR count). The van der Waals surface area contributed by atoms with E-state index in [4.69, 9.17) is 5.73 Å². The van der Waals surface area contributed by atoms with Gasteiger partial charge in [0, 0.05) is 12.6 Å². The lowest BCUT2D eigenvalue weighted by Gasteiger charge is -2.27. The number of hydrogen-bond donors (Lipinski definition) is 3. The number of nitrogens with two attached hydrogens (primary N) is 1. The molecule has 1 aromatic heterocycles. The van der Waals surface area contributed by atoms with Crippen molar-refractivity contribution >= 4 is 17.6 Å². The van der Waals surface area contributed by atoms with Crippen LogP contribution in [0.15, 0.2) is 48.7 Å². The predicted octanol–water partition coefficient (Wildman–Crippen LogP) is 1.37. The van der Waals surface area contributed by atoms with E-state index in [9.17, 15) is 9.90 Å². The van der Waals surface area contributed by atoms with E-state index >= 15 is 0 Å². The maximum Gasteiger partial charge on any atom is 0.334 e. The summed E-state index contributed by atoms with van der Waals surface area (Å²) in [7, 11) is 0. The topological polar surface area (TPSA) is 101 Å². The van der Waals surface area contributed by atoms with E-state index in [1.54, 1.807) is 24.4 Å². The Morgan fingerprint density at radius 2 is 2.05 bits per heavy atom. The van der Waals surface area contributed by atoms with Crippen LogP contribution in [-0.2, 0) is 10.3 Å². The SMILES string of the molecule is Nc1nccc(C2=CCC(C(=O)O)(c3ccccc3)N2)n1. The van der Waals surface area contributed by atoms with E-state index < -0.39 is 11.5 Å². The second-order valence-electron chi connectivity index (χ2n) is 4.82. The molecule has 1 aliphatic rings. The Kier molecular flexibility index (Phi) is 3.06. The van der Waals surface area contributed by atoms with Crippen LogP contribution in [0.5, 0.6) is 0 Å². The van der Waals surface area contributed by atoms with E-state index in [0.717, 1.165) is 0 Å². The van der Waals surface area contributed by atoms with Gasteiger partial charge in [0.1, 0.15) is 0 Å². The Balaban J connectivity index is 1.97. The molecule has 0 spiro atoms. The van der Waals surface area contributed by atoms with Gasteiger partial charge < -0.3 is 16.2 Å². The summed E-state index contributed by atoms with van der Waals surface area (Å²) in [5, 5.41) is 12.8. The highest BCUT2D eigenvalue weighted by Crippen LogP contribution is 2.35. The van der Waals surface area contributed by atoms with Crippen molar-refractivity contribution < 1.29 is 9.90 Å². The molecular formula is C15H14N4O2. The van der Waals surface area contributed by atoms with E-state index in [-0.39, 0.29) is 5.95 Å². The number of rotatable bonds is 3. The van der Waals surface area contributed by atoms with Gasteiger partial charge in [0.05, 0.1) is 11.4 Å². The molecule has 0 saturated carbocycles. The number of nitrogen functional groups attached to an aromatic ring is 1. The highest BCUT2D eigenvalue weighted by atomic mass is 16.4. The minimum atomic E-state index is -1.17. The van der Waals surface area contributed by atoms with Crippen LogP contribution in [0.2, 0.25) is 0 Å². The Morgan fingerprint density at radius 3 is 2.71 bits per heavy atom. The molecule has 0 fully saturated rings. The lowest BCUT2D eigenvalue weighted by molar-refractivity contribution is -0.144. The third kappa shape index (κ3) is 2.20. The normalized spacial score (nSPS) is 20.7. The average molecular weight is 282 g/mol. The van der Waals surface area contributed by atoms with Gasteiger partial charge in [-0.05, 0) is 11.6 Å². The van der Waals surface area contributed by atoms with Crippen molar-refractivity contribution in [2.24, 2.45) is 0 Å². The lowest BCUT2D eigenvalue weighted by atomic mass is 9.88. The number of carboxylic acids is 1. The van der Waals surface area contributed by atoms with Gasteiger partial charge in [-0.1, -0.05) is 36.4 Å². The number of nitrogens with one attached hydrogen (secondary N) is 1. The number of aliphatic carboxylic acids is 1. The monoisotopic (exact) mass is 282 g/mol. The summed E-state index contributed by atoms with van der Waals surface area (Å²) in [6.07, 6.45) is 3.71.